The van der Waals surface area contributed by atoms with Crippen LogP contribution in [-0.2, 0) is 11.3 Å². The summed E-state index contributed by atoms with van der Waals surface area (Å²) in [5, 5.41) is 0. The molecular formula is C11H14N2O. The summed E-state index contributed by atoms with van der Waals surface area (Å²) in [4.78, 5) is 4.45. The Kier molecular flexibility index (Phi) is 2.50. The maximum atomic E-state index is 5.30. The molecule has 0 aliphatic heterocycles. The Morgan fingerprint density at radius 2 is 2.36 bits per heavy atom. The first kappa shape index (κ1) is 9.21. The molecule has 0 bridgehead atoms. The molecule has 0 amide bonds. The van der Waals surface area contributed by atoms with E-state index in [4.69, 9.17) is 4.74 Å². The molecule has 3 heteroatoms. The van der Waals surface area contributed by atoms with Crippen molar-refractivity contribution in [2.45, 2.75) is 20.5 Å². The van der Waals surface area contributed by atoms with E-state index < -0.39 is 0 Å². The molecule has 0 aromatic carbocycles. The van der Waals surface area contributed by atoms with E-state index in [1.54, 1.807) is 0 Å². The normalized spacial score (nSPS) is 11.0. The lowest BCUT2D eigenvalue weighted by Gasteiger charge is -1.93. The molecule has 0 unspecified atom stereocenters. The summed E-state index contributed by atoms with van der Waals surface area (Å²) in [7, 11) is 0. The summed E-state index contributed by atoms with van der Waals surface area (Å²) in [6.07, 6.45) is 4.03. The number of fused-ring (bicyclic) bond motifs is 1. The fourth-order valence-electron chi connectivity index (χ4n) is 1.41. The predicted octanol–water partition coefficient (Wildman–Crippen LogP) is 2.18. The zero-order valence-corrected chi connectivity index (χ0v) is 8.53. The highest BCUT2D eigenvalue weighted by Crippen LogP contribution is 2.08. The van der Waals surface area contributed by atoms with Crippen LogP contribution in [0.5, 0.6) is 0 Å². The first-order chi connectivity index (χ1) is 6.79. The SMILES string of the molecule is CCOCc1cn2ccc(C)cc2n1. The second kappa shape index (κ2) is 3.80. The fraction of sp³-hybridized carbons (Fsp3) is 0.364. The third-order valence-electron chi connectivity index (χ3n) is 2.12. The van der Waals surface area contributed by atoms with Gasteiger partial charge in [0.05, 0.1) is 12.3 Å². The van der Waals surface area contributed by atoms with Gasteiger partial charge < -0.3 is 9.14 Å². The summed E-state index contributed by atoms with van der Waals surface area (Å²) in [5.74, 6) is 0. The van der Waals surface area contributed by atoms with Crippen molar-refractivity contribution in [3.8, 4) is 0 Å². The minimum atomic E-state index is 0.594. The van der Waals surface area contributed by atoms with Gasteiger partial charge in [-0.15, -0.1) is 0 Å². The van der Waals surface area contributed by atoms with Crippen LogP contribution >= 0.6 is 0 Å². The first-order valence-corrected chi connectivity index (χ1v) is 4.81. The summed E-state index contributed by atoms with van der Waals surface area (Å²) in [5.41, 5.74) is 3.20. The summed E-state index contributed by atoms with van der Waals surface area (Å²) in [6, 6.07) is 4.13. The van der Waals surface area contributed by atoms with Gasteiger partial charge in [0, 0.05) is 19.0 Å². The molecule has 74 valence electrons. The molecule has 2 rings (SSSR count). The first-order valence-electron chi connectivity index (χ1n) is 4.81. The van der Waals surface area contributed by atoms with Gasteiger partial charge in [-0.2, -0.15) is 0 Å². The van der Waals surface area contributed by atoms with Crippen molar-refractivity contribution in [3.63, 3.8) is 0 Å². The van der Waals surface area contributed by atoms with Crippen LogP contribution in [-0.4, -0.2) is 16.0 Å². The van der Waals surface area contributed by atoms with Crippen molar-refractivity contribution >= 4 is 5.65 Å². The third-order valence-corrected chi connectivity index (χ3v) is 2.12. The number of aromatic nitrogens is 2. The standard InChI is InChI=1S/C11H14N2O/c1-3-14-8-10-7-13-5-4-9(2)6-11(13)12-10/h4-7H,3,8H2,1-2H3. The van der Waals surface area contributed by atoms with Gasteiger partial charge in [0.15, 0.2) is 0 Å². The number of ether oxygens (including phenoxy) is 1. The van der Waals surface area contributed by atoms with E-state index in [1.807, 2.05) is 23.7 Å². The van der Waals surface area contributed by atoms with Crippen LogP contribution in [0.3, 0.4) is 0 Å². The van der Waals surface area contributed by atoms with Gasteiger partial charge >= 0.3 is 0 Å². The zero-order valence-electron chi connectivity index (χ0n) is 8.53. The topological polar surface area (TPSA) is 26.5 Å². The number of pyridine rings is 1. The molecular weight excluding hydrogens is 176 g/mol. The molecule has 2 aromatic rings. The second-order valence-corrected chi connectivity index (χ2v) is 3.34. The van der Waals surface area contributed by atoms with Crippen LogP contribution in [0, 0.1) is 6.92 Å². The quantitative estimate of drug-likeness (QED) is 0.741. The zero-order chi connectivity index (χ0) is 9.97. The van der Waals surface area contributed by atoms with Crippen LogP contribution in [0.2, 0.25) is 0 Å². The Balaban J connectivity index is 2.32. The number of imidazole rings is 1. The van der Waals surface area contributed by atoms with Gasteiger partial charge in [0.2, 0.25) is 0 Å². The maximum absolute atomic E-state index is 5.30. The van der Waals surface area contributed by atoms with Crippen LogP contribution < -0.4 is 0 Å². The smallest absolute Gasteiger partial charge is 0.137 e. The van der Waals surface area contributed by atoms with Crippen molar-refractivity contribution in [2.24, 2.45) is 0 Å². The molecule has 0 atom stereocenters. The van der Waals surface area contributed by atoms with Crippen molar-refractivity contribution in [2.75, 3.05) is 6.61 Å². The van der Waals surface area contributed by atoms with E-state index in [0.717, 1.165) is 17.9 Å². The number of aryl methyl sites for hydroxylation is 1. The fourth-order valence-corrected chi connectivity index (χ4v) is 1.41. The van der Waals surface area contributed by atoms with Crippen LogP contribution in [0.25, 0.3) is 5.65 Å². The molecule has 0 spiro atoms. The van der Waals surface area contributed by atoms with E-state index in [9.17, 15) is 0 Å². The monoisotopic (exact) mass is 190 g/mol. The molecule has 2 heterocycles. The van der Waals surface area contributed by atoms with Gasteiger partial charge in [0.25, 0.3) is 0 Å². The van der Waals surface area contributed by atoms with E-state index in [2.05, 4.69) is 24.0 Å². The van der Waals surface area contributed by atoms with E-state index in [1.165, 1.54) is 5.56 Å². The van der Waals surface area contributed by atoms with E-state index >= 15 is 0 Å². The Labute approximate surface area is 83.3 Å². The summed E-state index contributed by atoms with van der Waals surface area (Å²) >= 11 is 0. The van der Waals surface area contributed by atoms with Crippen molar-refractivity contribution in [1.29, 1.82) is 0 Å². The number of hydrogen-bond acceptors (Lipinski definition) is 2. The van der Waals surface area contributed by atoms with Gasteiger partial charge in [-0.25, -0.2) is 4.98 Å². The Morgan fingerprint density at radius 3 is 3.14 bits per heavy atom. The third kappa shape index (κ3) is 1.77. The van der Waals surface area contributed by atoms with Crippen LogP contribution in [0.15, 0.2) is 24.5 Å². The molecule has 0 saturated carbocycles. The highest BCUT2D eigenvalue weighted by molar-refractivity contribution is 5.42. The second-order valence-electron chi connectivity index (χ2n) is 3.34. The number of nitrogens with zero attached hydrogens (tertiary/aromatic N) is 2. The average molecular weight is 190 g/mol. The molecule has 3 nitrogen and oxygen atoms in total. The molecule has 0 aliphatic carbocycles. The largest absolute Gasteiger partial charge is 0.375 e. The van der Waals surface area contributed by atoms with Gasteiger partial charge in [-0.05, 0) is 31.5 Å². The molecule has 0 N–H and O–H groups in total. The van der Waals surface area contributed by atoms with Crippen molar-refractivity contribution in [3.05, 3.63) is 35.8 Å². The average Bonchev–Trinajstić information content (AvgIpc) is 2.56. The van der Waals surface area contributed by atoms with Gasteiger partial charge in [-0.3, -0.25) is 0 Å². The maximum Gasteiger partial charge on any atom is 0.137 e. The Bertz CT molecular complexity index is 434. The summed E-state index contributed by atoms with van der Waals surface area (Å²) in [6.45, 7) is 5.38. The minimum Gasteiger partial charge on any atom is -0.375 e. The molecule has 0 fully saturated rings. The molecule has 2 aromatic heterocycles. The molecule has 0 radical (unpaired) electrons. The lowest BCUT2D eigenvalue weighted by atomic mass is 10.3. The van der Waals surface area contributed by atoms with Crippen molar-refractivity contribution < 1.29 is 4.74 Å². The van der Waals surface area contributed by atoms with Crippen LogP contribution in [0.4, 0.5) is 0 Å². The Morgan fingerprint density at radius 1 is 1.50 bits per heavy atom. The van der Waals surface area contributed by atoms with Gasteiger partial charge in [0.1, 0.15) is 5.65 Å². The minimum absolute atomic E-state index is 0.594. The number of rotatable bonds is 3. The predicted molar refractivity (Wildman–Crippen MR) is 55.3 cm³/mol. The van der Waals surface area contributed by atoms with E-state index in [-0.39, 0.29) is 0 Å². The number of hydrogen-bond donors (Lipinski definition) is 0. The molecule has 14 heavy (non-hydrogen) atoms. The molecule has 0 aliphatic rings. The van der Waals surface area contributed by atoms with Crippen LogP contribution in [0.1, 0.15) is 18.2 Å². The highest BCUT2D eigenvalue weighted by atomic mass is 16.5. The molecule has 0 saturated heterocycles. The highest BCUT2D eigenvalue weighted by Gasteiger charge is 2.00. The Hall–Kier alpha value is -1.35. The van der Waals surface area contributed by atoms with Crippen molar-refractivity contribution in [1.82, 2.24) is 9.38 Å². The van der Waals surface area contributed by atoms with Gasteiger partial charge in [-0.1, -0.05) is 0 Å². The lowest BCUT2D eigenvalue weighted by molar-refractivity contribution is 0.131. The van der Waals surface area contributed by atoms with E-state index in [0.29, 0.717) is 6.61 Å². The lowest BCUT2D eigenvalue weighted by Crippen LogP contribution is -1.90. The summed E-state index contributed by atoms with van der Waals surface area (Å²) < 4.78 is 7.32.